The average Bonchev–Trinajstić information content (AvgIpc) is 2.82. The molecule has 0 spiro atoms. The van der Waals surface area contributed by atoms with E-state index in [2.05, 4.69) is 53.5 Å². The Morgan fingerprint density at radius 2 is 1.87 bits per heavy atom. The third-order valence-corrected chi connectivity index (χ3v) is 2.71. The molecule has 15 heavy (non-hydrogen) atoms. The van der Waals surface area contributed by atoms with Crippen LogP contribution in [0.1, 0.15) is 18.5 Å². The molecule has 0 saturated carbocycles. The smallest absolute Gasteiger partial charge is 0.0452 e. The summed E-state index contributed by atoms with van der Waals surface area (Å²) in [7, 11) is 1.98. The topological polar surface area (TPSA) is 17.0 Å². The Bertz CT molecular complexity index is 418. The van der Waals surface area contributed by atoms with Crippen molar-refractivity contribution in [2.45, 2.75) is 13.0 Å². The SMILES string of the molecule is CNC(C)c1cccc(-n2cccc2)c1. The van der Waals surface area contributed by atoms with E-state index in [1.54, 1.807) is 0 Å². The number of rotatable bonds is 3. The highest BCUT2D eigenvalue weighted by molar-refractivity contribution is 5.37. The van der Waals surface area contributed by atoms with Crippen molar-refractivity contribution in [2.75, 3.05) is 7.05 Å². The average molecular weight is 200 g/mol. The van der Waals surface area contributed by atoms with Crippen LogP contribution in [0.4, 0.5) is 0 Å². The highest BCUT2D eigenvalue weighted by Crippen LogP contribution is 2.16. The highest BCUT2D eigenvalue weighted by Gasteiger charge is 2.03. The van der Waals surface area contributed by atoms with Gasteiger partial charge >= 0.3 is 0 Å². The molecule has 0 aliphatic heterocycles. The predicted molar refractivity (Wildman–Crippen MR) is 63.2 cm³/mol. The largest absolute Gasteiger partial charge is 0.324 e. The second kappa shape index (κ2) is 4.32. The number of benzene rings is 1. The Kier molecular flexibility index (Phi) is 2.88. The van der Waals surface area contributed by atoms with Crippen LogP contribution in [-0.4, -0.2) is 11.6 Å². The van der Waals surface area contributed by atoms with E-state index in [-0.39, 0.29) is 0 Å². The minimum Gasteiger partial charge on any atom is -0.324 e. The Balaban J connectivity index is 2.35. The summed E-state index contributed by atoms with van der Waals surface area (Å²) in [6.07, 6.45) is 4.12. The first-order valence-electron chi connectivity index (χ1n) is 5.22. The van der Waals surface area contributed by atoms with Crippen LogP contribution in [0.3, 0.4) is 0 Å². The molecule has 0 aliphatic rings. The third-order valence-electron chi connectivity index (χ3n) is 2.71. The van der Waals surface area contributed by atoms with Crippen molar-refractivity contribution in [2.24, 2.45) is 0 Å². The van der Waals surface area contributed by atoms with Crippen molar-refractivity contribution in [3.05, 3.63) is 54.4 Å². The monoisotopic (exact) mass is 200 g/mol. The molecule has 0 saturated heterocycles. The summed E-state index contributed by atoms with van der Waals surface area (Å²) in [6, 6.07) is 13.0. The number of aromatic nitrogens is 1. The molecule has 2 aromatic rings. The van der Waals surface area contributed by atoms with Gasteiger partial charge in [0.2, 0.25) is 0 Å². The van der Waals surface area contributed by atoms with E-state index in [0.29, 0.717) is 6.04 Å². The van der Waals surface area contributed by atoms with E-state index < -0.39 is 0 Å². The Labute approximate surface area is 90.6 Å². The lowest BCUT2D eigenvalue weighted by atomic mass is 10.1. The van der Waals surface area contributed by atoms with E-state index in [0.717, 1.165) is 0 Å². The van der Waals surface area contributed by atoms with Crippen molar-refractivity contribution < 1.29 is 0 Å². The number of hydrogen-bond donors (Lipinski definition) is 1. The maximum atomic E-state index is 3.24. The van der Waals surface area contributed by atoms with Crippen molar-refractivity contribution in [3.8, 4) is 5.69 Å². The van der Waals surface area contributed by atoms with Crippen LogP contribution in [-0.2, 0) is 0 Å². The predicted octanol–water partition coefficient (Wildman–Crippen LogP) is 2.76. The van der Waals surface area contributed by atoms with Crippen LogP contribution in [0.5, 0.6) is 0 Å². The van der Waals surface area contributed by atoms with Gasteiger partial charge in [0.25, 0.3) is 0 Å². The number of hydrogen-bond acceptors (Lipinski definition) is 1. The van der Waals surface area contributed by atoms with Gasteiger partial charge in [-0.15, -0.1) is 0 Å². The summed E-state index contributed by atoms with van der Waals surface area (Å²) in [5.41, 5.74) is 2.52. The van der Waals surface area contributed by atoms with Crippen LogP contribution < -0.4 is 5.32 Å². The zero-order valence-corrected chi connectivity index (χ0v) is 9.14. The first-order valence-corrected chi connectivity index (χ1v) is 5.22. The van der Waals surface area contributed by atoms with Gasteiger partial charge in [0.05, 0.1) is 0 Å². The first-order chi connectivity index (χ1) is 7.31. The summed E-state index contributed by atoms with van der Waals surface area (Å²) in [5, 5.41) is 3.24. The van der Waals surface area contributed by atoms with E-state index in [4.69, 9.17) is 0 Å². The lowest BCUT2D eigenvalue weighted by Crippen LogP contribution is -2.12. The quantitative estimate of drug-likeness (QED) is 0.806. The normalized spacial score (nSPS) is 12.7. The fourth-order valence-electron chi connectivity index (χ4n) is 1.63. The van der Waals surface area contributed by atoms with E-state index in [1.807, 2.05) is 19.2 Å². The van der Waals surface area contributed by atoms with Gasteiger partial charge in [-0.3, -0.25) is 0 Å². The van der Waals surface area contributed by atoms with Gasteiger partial charge in [-0.05, 0) is 43.8 Å². The maximum absolute atomic E-state index is 3.24. The van der Waals surface area contributed by atoms with E-state index >= 15 is 0 Å². The van der Waals surface area contributed by atoms with Crippen LogP contribution in [0.2, 0.25) is 0 Å². The van der Waals surface area contributed by atoms with Gasteiger partial charge in [0, 0.05) is 24.1 Å². The van der Waals surface area contributed by atoms with Crippen molar-refractivity contribution in [1.29, 1.82) is 0 Å². The van der Waals surface area contributed by atoms with Crippen LogP contribution in [0.25, 0.3) is 5.69 Å². The van der Waals surface area contributed by atoms with Crippen molar-refractivity contribution in [3.63, 3.8) is 0 Å². The molecule has 0 radical (unpaired) electrons. The molecule has 2 heteroatoms. The van der Waals surface area contributed by atoms with Gasteiger partial charge in [-0.2, -0.15) is 0 Å². The van der Waals surface area contributed by atoms with Gasteiger partial charge in [0.15, 0.2) is 0 Å². The van der Waals surface area contributed by atoms with Crippen LogP contribution in [0, 0.1) is 0 Å². The Hall–Kier alpha value is -1.54. The summed E-state index contributed by atoms with van der Waals surface area (Å²) in [5.74, 6) is 0. The molecule has 78 valence electrons. The van der Waals surface area contributed by atoms with Crippen LogP contribution in [0.15, 0.2) is 48.8 Å². The van der Waals surface area contributed by atoms with Crippen LogP contribution >= 0.6 is 0 Å². The summed E-state index contributed by atoms with van der Waals surface area (Å²) in [4.78, 5) is 0. The summed E-state index contributed by atoms with van der Waals surface area (Å²) in [6.45, 7) is 2.16. The second-order valence-corrected chi connectivity index (χ2v) is 3.70. The summed E-state index contributed by atoms with van der Waals surface area (Å²) < 4.78 is 2.12. The minimum atomic E-state index is 0.389. The third kappa shape index (κ3) is 2.10. The molecular weight excluding hydrogens is 184 g/mol. The molecule has 1 atom stereocenters. The molecule has 1 heterocycles. The summed E-state index contributed by atoms with van der Waals surface area (Å²) >= 11 is 0. The van der Waals surface area contributed by atoms with E-state index in [1.165, 1.54) is 11.3 Å². The highest BCUT2D eigenvalue weighted by atomic mass is 14.9. The van der Waals surface area contributed by atoms with Gasteiger partial charge in [-0.1, -0.05) is 12.1 Å². The first kappa shape index (κ1) is 9.99. The van der Waals surface area contributed by atoms with Crippen molar-refractivity contribution in [1.82, 2.24) is 9.88 Å². The van der Waals surface area contributed by atoms with Gasteiger partial charge in [-0.25, -0.2) is 0 Å². The maximum Gasteiger partial charge on any atom is 0.0452 e. The fraction of sp³-hybridized carbons (Fsp3) is 0.231. The zero-order valence-electron chi connectivity index (χ0n) is 9.14. The molecule has 0 aliphatic carbocycles. The molecule has 1 aromatic carbocycles. The molecule has 1 aromatic heterocycles. The molecule has 2 nitrogen and oxygen atoms in total. The number of nitrogens with one attached hydrogen (secondary N) is 1. The fourth-order valence-corrected chi connectivity index (χ4v) is 1.63. The second-order valence-electron chi connectivity index (χ2n) is 3.70. The lowest BCUT2D eigenvalue weighted by Gasteiger charge is -2.12. The van der Waals surface area contributed by atoms with Crippen molar-refractivity contribution >= 4 is 0 Å². The molecule has 1 unspecified atom stereocenters. The molecule has 0 fully saturated rings. The van der Waals surface area contributed by atoms with E-state index in [9.17, 15) is 0 Å². The minimum absolute atomic E-state index is 0.389. The molecular formula is C13H16N2. The molecule has 0 amide bonds. The zero-order chi connectivity index (χ0) is 10.7. The standard InChI is InChI=1S/C13H16N2/c1-11(14-2)12-6-5-7-13(10-12)15-8-3-4-9-15/h3-11,14H,1-2H3. The number of nitrogens with zero attached hydrogens (tertiary/aromatic N) is 1. The molecule has 0 bridgehead atoms. The Morgan fingerprint density at radius 3 is 2.53 bits per heavy atom. The molecule has 1 N–H and O–H groups in total. The molecule has 2 rings (SSSR count). The van der Waals surface area contributed by atoms with Gasteiger partial charge in [0.1, 0.15) is 0 Å². The Morgan fingerprint density at radius 1 is 1.13 bits per heavy atom. The lowest BCUT2D eigenvalue weighted by molar-refractivity contribution is 0.652. The van der Waals surface area contributed by atoms with Gasteiger partial charge < -0.3 is 9.88 Å².